The molecule has 2 nitrogen and oxygen atoms in total. The molecule has 0 heterocycles. The zero-order valence-electron chi connectivity index (χ0n) is 12.2. The molecule has 0 bridgehead atoms. The molecule has 3 fully saturated rings. The van der Waals surface area contributed by atoms with E-state index >= 15 is 0 Å². The average Bonchev–Trinajstić information content (AvgIpc) is 3.24. The minimum atomic E-state index is 0.335. The van der Waals surface area contributed by atoms with Gasteiger partial charge < -0.3 is 5.73 Å². The summed E-state index contributed by atoms with van der Waals surface area (Å²) >= 11 is 0. The first-order chi connectivity index (χ1) is 8.67. The van der Waals surface area contributed by atoms with Gasteiger partial charge >= 0.3 is 0 Å². The number of rotatable bonds is 5. The lowest BCUT2D eigenvalue weighted by Gasteiger charge is -2.53. The summed E-state index contributed by atoms with van der Waals surface area (Å²) in [5, 5.41) is 0. The highest BCUT2D eigenvalue weighted by Gasteiger charge is 2.50. The summed E-state index contributed by atoms with van der Waals surface area (Å²) in [6, 6.07) is 0.877. The fraction of sp³-hybridized carbons (Fsp3) is 1.00. The van der Waals surface area contributed by atoms with E-state index in [0.29, 0.717) is 5.54 Å². The predicted molar refractivity (Wildman–Crippen MR) is 76.4 cm³/mol. The minimum Gasteiger partial charge on any atom is -0.329 e. The topological polar surface area (TPSA) is 29.3 Å². The van der Waals surface area contributed by atoms with Gasteiger partial charge in [-0.15, -0.1) is 0 Å². The Bertz CT molecular complexity index is 295. The second-order valence-electron chi connectivity index (χ2n) is 7.29. The molecule has 0 spiro atoms. The molecule has 2 heteroatoms. The van der Waals surface area contributed by atoms with Crippen molar-refractivity contribution in [1.29, 1.82) is 0 Å². The maximum absolute atomic E-state index is 6.31. The largest absolute Gasteiger partial charge is 0.329 e. The van der Waals surface area contributed by atoms with Crippen LogP contribution in [0.4, 0.5) is 0 Å². The van der Waals surface area contributed by atoms with Crippen LogP contribution in [0.25, 0.3) is 0 Å². The van der Waals surface area contributed by atoms with Crippen molar-refractivity contribution in [1.82, 2.24) is 4.90 Å². The van der Waals surface area contributed by atoms with Crippen molar-refractivity contribution in [3.05, 3.63) is 0 Å². The molecule has 3 unspecified atom stereocenters. The molecular formula is C16H30N2. The van der Waals surface area contributed by atoms with Crippen molar-refractivity contribution < 1.29 is 0 Å². The summed E-state index contributed by atoms with van der Waals surface area (Å²) in [5.74, 6) is 2.62. The smallest absolute Gasteiger partial charge is 0.0362 e. The molecule has 0 aliphatic heterocycles. The predicted octanol–water partition coefficient (Wildman–Crippen LogP) is 3.01. The third-order valence-corrected chi connectivity index (χ3v) is 6.04. The van der Waals surface area contributed by atoms with Gasteiger partial charge in [-0.05, 0) is 49.9 Å². The molecule has 3 saturated carbocycles. The summed E-state index contributed by atoms with van der Waals surface area (Å²) in [4.78, 5) is 2.88. The second kappa shape index (κ2) is 4.79. The molecule has 0 aromatic rings. The molecule has 0 radical (unpaired) electrons. The average molecular weight is 250 g/mol. The molecule has 3 aliphatic rings. The van der Waals surface area contributed by atoms with Gasteiger partial charge in [-0.3, -0.25) is 4.90 Å². The molecule has 3 aliphatic carbocycles. The summed E-state index contributed by atoms with van der Waals surface area (Å²) in [6.45, 7) is 7.13. The van der Waals surface area contributed by atoms with Gasteiger partial charge in [0, 0.05) is 24.7 Å². The third-order valence-electron chi connectivity index (χ3n) is 6.04. The fourth-order valence-electron chi connectivity index (χ4n) is 4.21. The van der Waals surface area contributed by atoms with E-state index < -0.39 is 0 Å². The Morgan fingerprint density at radius 3 is 2.39 bits per heavy atom. The molecule has 3 atom stereocenters. The van der Waals surface area contributed by atoms with Crippen LogP contribution in [0.1, 0.15) is 58.8 Å². The van der Waals surface area contributed by atoms with E-state index in [1.54, 1.807) is 0 Å². The van der Waals surface area contributed by atoms with E-state index in [1.165, 1.54) is 51.5 Å². The zero-order valence-corrected chi connectivity index (χ0v) is 12.2. The Kier molecular flexibility index (Phi) is 3.44. The Morgan fingerprint density at radius 1 is 1.11 bits per heavy atom. The first-order valence-electron chi connectivity index (χ1n) is 8.14. The van der Waals surface area contributed by atoms with Crippen LogP contribution in [-0.2, 0) is 0 Å². The number of hydrogen-bond donors (Lipinski definition) is 1. The molecule has 2 N–H and O–H groups in total. The van der Waals surface area contributed by atoms with Crippen LogP contribution in [-0.4, -0.2) is 29.6 Å². The summed E-state index contributed by atoms with van der Waals surface area (Å²) in [6.07, 6.45) is 9.92. The molecule has 0 aromatic carbocycles. The van der Waals surface area contributed by atoms with Crippen molar-refractivity contribution in [2.45, 2.75) is 70.4 Å². The Balaban J connectivity index is 1.81. The van der Waals surface area contributed by atoms with E-state index in [0.717, 1.165) is 30.3 Å². The zero-order chi connectivity index (χ0) is 12.8. The molecule has 0 saturated heterocycles. The van der Waals surface area contributed by atoms with Crippen LogP contribution in [0.5, 0.6) is 0 Å². The summed E-state index contributed by atoms with van der Waals surface area (Å²) < 4.78 is 0. The first-order valence-corrected chi connectivity index (χ1v) is 8.14. The van der Waals surface area contributed by atoms with Crippen molar-refractivity contribution >= 4 is 0 Å². The summed E-state index contributed by atoms with van der Waals surface area (Å²) in [7, 11) is 0. The van der Waals surface area contributed by atoms with Gasteiger partial charge in [-0.25, -0.2) is 0 Å². The number of hydrogen-bond acceptors (Lipinski definition) is 2. The van der Waals surface area contributed by atoms with Crippen molar-refractivity contribution in [3.8, 4) is 0 Å². The van der Waals surface area contributed by atoms with Gasteiger partial charge in [0.2, 0.25) is 0 Å². The van der Waals surface area contributed by atoms with Crippen LogP contribution in [0, 0.1) is 17.8 Å². The molecule has 18 heavy (non-hydrogen) atoms. The van der Waals surface area contributed by atoms with Gasteiger partial charge in [0.15, 0.2) is 0 Å². The van der Waals surface area contributed by atoms with Crippen molar-refractivity contribution in [2.24, 2.45) is 23.5 Å². The SMILES string of the molecule is CC1CCCC(CN)(N(CC2CC2)C2CC2)C1C. The maximum atomic E-state index is 6.31. The van der Waals surface area contributed by atoms with E-state index in [-0.39, 0.29) is 0 Å². The molecular weight excluding hydrogens is 220 g/mol. The molecule has 0 aromatic heterocycles. The van der Waals surface area contributed by atoms with Gasteiger partial charge in [0.05, 0.1) is 0 Å². The minimum absolute atomic E-state index is 0.335. The van der Waals surface area contributed by atoms with Gasteiger partial charge in [-0.1, -0.05) is 26.7 Å². The lowest BCUT2D eigenvalue weighted by molar-refractivity contribution is -0.0197. The first kappa shape index (κ1) is 12.9. The number of nitrogens with two attached hydrogens (primary N) is 1. The van der Waals surface area contributed by atoms with E-state index in [9.17, 15) is 0 Å². The van der Waals surface area contributed by atoms with Crippen LogP contribution in [0.3, 0.4) is 0 Å². The van der Waals surface area contributed by atoms with E-state index in [2.05, 4.69) is 18.7 Å². The lowest BCUT2D eigenvalue weighted by atomic mass is 9.67. The third kappa shape index (κ3) is 2.22. The number of nitrogens with zero attached hydrogens (tertiary/aromatic N) is 1. The van der Waals surface area contributed by atoms with Crippen molar-refractivity contribution in [3.63, 3.8) is 0 Å². The quantitative estimate of drug-likeness (QED) is 0.812. The van der Waals surface area contributed by atoms with Gasteiger partial charge in [0.25, 0.3) is 0 Å². The Labute approximate surface area is 112 Å². The maximum Gasteiger partial charge on any atom is 0.0362 e. The second-order valence-corrected chi connectivity index (χ2v) is 7.29. The Hall–Kier alpha value is -0.0800. The van der Waals surface area contributed by atoms with Crippen molar-refractivity contribution in [2.75, 3.05) is 13.1 Å². The van der Waals surface area contributed by atoms with Crippen LogP contribution >= 0.6 is 0 Å². The highest BCUT2D eigenvalue weighted by molar-refractivity contribution is 5.06. The Morgan fingerprint density at radius 2 is 1.83 bits per heavy atom. The molecule has 104 valence electrons. The van der Waals surface area contributed by atoms with E-state index in [4.69, 9.17) is 5.73 Å². The van der Waals surface area contributed by atoms with Crippen LogP contribution in [0.2, 0.25) is 0 Å². The van der Waals surface area contributed by atoms with Gasteiger partial charge in [0.1, 0.15) is 0 Å². The van der Waals surface area contributed by atoms with Crippen LogP contribution in [0.15, 0.2) is 0 Å². The summed E-state index contributed by atoms with van der Waals surface area (Å²) in [5.41, 5.74) is 6.65. The highest BCUT2D eigenvalue weighted by atomic mass is 15.3. The van der Waals surface area contributed by atoms with Crippen LogP contribution < -0.4 is 5.73 Å². The molecule has 3 rings (SSSR count). The van der Waals surface area contributed by atoms with E-state index in [1.807, 2.05) is 0 Å². The fourth-order valence-corrected chi connectivity index (χ4v) is 4.21. The standard InChI is InChI=1S/C16H30N2/c1-12-4-3-9-16(11-17,13(12)2)18(15-7-8-15)10-14-5-6-14/h12-15H,3-11,17H2,1-2H3. The molecule has 0 amide bonds. The lowest BCUT2D eigenvalue weighted by Crippen LogP contribution is -2.62. The normalized spacial score (nSPS) is 41.3. The highest BCUT2D eigenvalue weighted by Crippen LogP contribution is 2.47. The monoisotopic (exact) mass is 250 g/mol. The van der Waals surface area contributed by atoms with Gasteiger partial charge in [-0.2, -0.15) is 0 Å².